The Morgan fingerprint density at radius 1 is 1.17 bits per heavy atom. The van der Waals surface area contributed by atoms with Crippen LogP contribution in [0.5, 0.6) is 0 Å². The summed E-state index contributed by atoms with van der Waals surface area (Å²) in [5, 5.41) is 11.6. The quantitative estimate of drug-likeness (QED) is 0.715. The SMILES string of the molecule is O=C(O)CCCNC(=O)C1(S(=O)(=O)c2ccc(Cl)cc2)CCCC1. The molecule has 2 N–H and O–H groups in total. The monoisotopic (exact) mass is 373 g/mol. The highest BCUT2D eigenvalue weighted by Gasteiger charge is 2.52. The van der Waals surface area contributed by atoms with Gasteiger partial charge in [-0.25, -0.2) is 8.42 Å². The van der Waals surface area contributed by atoms with Crippen molar-refractivity contribution in [1.82, 2.24) is 5.32 Å². The van der Waals surface area contributed by atoms with Crippen LogP contribution in [0.3, 0.4) is 0 Å². The van der Waals surface area contributed by atoms with E-state index in [9.17, 15) is 18.0 Å². The number of halogens is 1. The number of benzene rings is 1. The van der Waals surface area contributed by atoms with Crippen LogP contribution in [0, 0.1) is 0 Å². The number of carboxylic acid groups (broad SMARTS) is 1. The van der Waals surface area contributed by atoms with Crippen molar-refractivity contribution in [2.24, 2.45) is 0 Å². The van der Waals surface area contributed by atoms with Gasteiger partial charge in [-0.2, -0.15) is 0 Å². The van der Waals surface area contributed by atoms with E-state index in [0.717, 1.165) is 0 Å². The zero-order chi connectivity index (χ0) is 17.8. The summed E-state index contributed by atoms with van der Waals surface area (Å²) in [6, 6.07) is 5.80. The van der Waals surface area contributed by atoms with E-state index in [1.165, 1.54) is 24.3 Å². The highest BCUT2D eigenvalue weighted by atomic mass is 35.5. The van der Waals surface area contributed by atoms with E-state index in [1.807, 2.05) is 0 Å². The Labute approximate surface area is 146 Å². The number of carbonyl (C=O) groups is 2. The number of carboxylic acids is 1. The molecule has 1 saturated carbocycles. The first-order valence-electron chi connectivity index (χ1n) is 7.80. The van der Waals surface area contributed by atoms with E-state index >= 15 is 0 Å². The van der Waals surface area contributed by atoms with Crippen molar-refractivity contribution in [3.8, 4) is 0 Å². The van der Waals surface area contributed by atoms with Crippen molar-refractivity contribution in [1.29, 1.82) is 0 Å². The molecular formula is C16H20ClNO5S. The molecule has 1 aromatic carbocycles. The van der Waals surface area contributed by atoms with Gasteiger partial charge in [-0.1, -0.05) is 24.4 Å². The maximum atomic E-state index is 13.1. The highest BCUT2D eigenvalue weighted by Crippen LogP contribution is 2.41. The van der Waals surface area contributed by atoms with Crippen LogP contribution in [0.2, 0.25) is 5.02 Å². The highest BCUT2D eigenvalue weighted by molar-refractivity contribution is 7.93. The average Bonchev–Trinajstić information content (AvgIpc) is 3.03. The predicted octanol–water partition coefficient (Wildman–Crippen LogP) is 2.41. The number of carbonyl (C=O) groups excluding carboxylic acids is 1. The molecule has 1 amide bonds. The lowest BCUT2D eigenvalue weighted by molar-refractivity contribution is -0.137. The fourth-order valence-corrected chi connectivity index (χ4v) is 5.22. The van der Waals surface area contributed by atoms with Crippen molar-refractivity contribution in [3.63, 3.8) is 0 Å². The molecule has 6 nitrogen and oxygen atoms in total. The minimum Gasteiger partial charge on any atom is -0.481 e. The van der Waals surface area contributed by atoms with Crippen LogP contribution >= 0.6 is 11.6 Å². The molecule has 132 valence electrons. The van der Waals surface area contributed by atoms with Crippen LogP contribution in [-0.4, -0.2) is 36.7 Å². The number of nitrogens with one attached hydrogen (secondary N) is 1. The maximum absolute atomic E-state index is 13.1. The third kappa shape index (κ3) is 3.72. The normalized spacial score (nSPS) is 16.7. The van der Waals surface area contributed by atoms with E-state index in [0.29, 0.717) is 17.9 Å². The zero-order valence-electron chi connectivity index (χ0n) is 13.1. The summed E-state index contributed by atoms with van der Waals surface area (Å²) in [4.78, 5) is 23.2. The van der Waals surface area contributed by atoms with Crippen molar-refractivity contribution >= 4 is 33.3 Å². The van der Waals surface area contributed by atoms with Crippen molar-refractivity contribution in [2.75, 3.05) is 6.54 Å². The molecular weight excluding hydrogens is 354 g/mol. The van der Waals surface area contributed by atoms with E-state index in [-0.39, 0.29) is 37.1 Å². The van der Waals surface area contributed by atoms with Gasteiger partial charge in [0.1, 0.15) is 0 Å². The molecule has 24 heavy (non-hydrogen) atoms. The van der Waals surface area contributed by atoms with Crippen molar-refractivity contribution < 1.29 is 23.1 Å². The van der Waals surface area contributed by atoms with Gasteiger partial charge in [-0.05, 0) is 43.5 Å². The zero-order valence-corrected chi connectivity index (χ0v) is 14.7. The minimum atomic E-state index is -3.86. The van der Waals surface area contributed by atoms with Gasteiger partial charge < -0.3 is 10.4 Å². The number of hydrogen-bond donors (Lipinski definition) is 2. The second kappa shape index (κ2) is 7.53. The number of amides is 1. The molecule has 0 aromatic heterocycles. The van der Waals surface area contributed by atoms with Gasteiger partial charge in [-0.3, -0.25) is 9.59 Å². The van der Waals surface area contributed by atoms with Crippen LogP contribution in [0.1, 0.15) is 38.5 Å². The summed E-state index contributed by atoms with van der Waals surface area (Å²) in [6.07, 6.45) is 2.05. The summed E-state index contributed by atoms with van der Waals surface area (Å²) >= 11 is 5.81. The molecule has 0 atom stereocenters. The van der Waals surface area contributed by atoms with Crippen LogP contribution < -0.4 is 5.32 Å². The van der Waals surface area contributed by atoms with Crippen LogP contribution in [0.15, 0.2) is 29.2 Å². The lowest BCUT2D eigenvalue weighted by Gasteiger charge is -2.27. The molecule has 2 rings (SSSR count). The Kier molecular flexibility index (Phi) is 5.87. The maximum Gasteiger partial charge on any atom is 0.303 e. The lowest BCUT2D eigenvalue weighted by atomic mass is 10.1. The fourth-order valence-electron chi connectivity index (χ4n) is 3.01. The Morgan fingerprint density at radius 3 is 2.29 bits per heavy atom. The molecule has 0 aliphatic heterocycles. The molecule has 0 unspecified atom stereocenters. The van der Waals surface area contributed by atoms with Gasteiger partial charge in [0.05, 0.1) is 4.90 Å². The summed E-state index contributed by atoms with van der Waals surface area (Å²) in [5.41, 5.74) is 0. The lowest BCUT2D eigenvalue weighted by Crippen LogP contribution is -2.50. The van der Waals surface area contributed by atoms with Gasteiger partial charge in [0, 0.05) is 18.0 Å². The molecule has 1 fully saturated rings. The Morgan fingerprint density at radius 2 is 1.75 bits per heavy atom. The average molecular weight is 374 g/mol. The number of aliphatic carboxylic acids is 1. The first kappa shape index (κ1) is 18.7. The topological polar surface area (TPSA) is 101 Å². The number of hydrogen-bond acceptors (Lipinski definition) is 4. The summed E-state index contributed by atoms with van der Waals surface area (Å²) < 4.78 is 24.6. The predicted molar refractivity (Wildman–Crippen MR) is 89.7 cm³/mol. The Hall–Kier alpha value is -1.60. The molecule has 8 heteroatoms. The molecule has 0 bridgehead atoms. The minimum absolute atomic E-state index is 0.0722. The Balaban J connectivity index is 2.21. The summed E-state index contributed by atoms with van der Waals surface area (Å²) in [6.45, 7) is 0.142. The smallest absolute Gasteiger partial charge is 0.303 e. The van der Waals surface area contributed by atoms with Crippen molar-refractivity contribution in [3.05, 3.63) is 29.3 Å². The molecule has 0 radical (unpaired) electrons. The first-order chi connectivity index (χ1) is 11.3. The summed E-state index contributed by atoms with van der Waals surface area (Å²) in [7, 11) is -3.86. The standard InChI is InChI=1S/C16H20ClNO5S/c17-12-5-7-13(8-6-12)24(22,23)16(9-1-2-10-16)15(21)18-11-3-4-14(19)20/h5-8H,1-4,9-11H2,(H,18,21)(H,19,20). The molecule has 1 aliphatic carbocycles. The fraction of sp³-hybridized carbons (Fsp3) is 0.500. The Bertz CT molecular complexity index is 708. The van der Waals surface area contributed by atoms with E-state index in [2.05, 4.69) is 5.32 Å². The number of sulfone groups is 1. The molecule has 0 spiro atoms. The van der Waals surface area contributed by atoms with Gasteiger partial charge in [-0.15, -0.1) is 0 Å². The van der Waals surface area contributed by atoms with Crippen LogP contribution in [0.25, 0.3) is 0 Å². The second-order valence-electron chi connectivity index (χ2n) is 5.91. The number of rotatable bonds is 7. The van der Waals surface area contributed by atoms with E-state index < -0.39 is 26.5 Å². The van der Waals surface area contributed by atoms with Gasteiger partial charge in [0.15, 0.2) is 14.6 Å². The van der Waals surface area contributed by atoms with Gasteiger partial charge in [0.25, 0.3) is 0 Å². The van der Waals surface area contributed by atoms with E-state index in [1.54, 1.807) is 0 Å². The first-order valence-corrected chi connectivity index (χ1v) is 9.66. The van der Waals surface area contributed by atoms with E-state index in [4.69, 9.17) is 16.7 Å². The largest absolute Gasteiger partial charge is 0.481 e. The molecule has 0 heterocycles. The van der Waals surface area contributed by atoms with Gasteiger partial charge in [0.2, 0.25) is 5.91 Å². The molecule has 0 saturated heterocycles. The van der Waals surface area contributed by atoms with Crippen molar-refractivity contribution in [2.45, 2.75) is 48.2 Å². The third-order valence-corrected chi connectivity index (χ3v) is 7.08. The molecule has 1 aliphatic rings. The van der Waals surface area contributed by atoms with Gasteiger partial charge >= 0.3 is 5.97 Å². The van der Waals surface area contributed by atoms with Crippen LogP contribution in [-0.2, 0) is 19.4 Å². The third-order valence-electron chi connectivity index (χ3n) is 4.32. The summed E-state index contributed by atoms with van der Waals surface area (Å²) in [5.74, 6) is -1.49. The molecule has 1 aromatic rings. The second-order valence-corrected chi connectivity index (χ2v) is 8.61. The van der Waals surface area contributed by atoms with Crippen LogP contribution in [0.4, 0.5) is 0 Å².